The summed E-state index contributed by atoms with van der Waals surface area (Å²) in [6, 6.07) is 0. The normalized spacial score (nSPS) is 17.2. The fourth-order valence-electron chi connectivity index (χ4n) is 4.90. The first-order valence-electron chi connectivity index (χ1n) is 10.1. The van der Waals surface area contributed by atoms with E-state index in [0.29, 0.717) is 5.92 Å². The van der Waals surface area contributed by atoms with Crippen molar-refractivity contribution in [1.82, 2.24) is 10.1 Å². The van der Waals surface area contributed by atoms with Crippen molar-refractivity contribution in [2.75, 3.05) is 39.3 Å². The molecular formula is C20H41N3Ti. The predicted molar refractivity (Wildman–Crippen MR) is 105 cm³/mol. The number of hydrogen-bond acceptors (Lipinski definition) is 3. The second-order valence-electron chi connectivity index (χ2n) is 6.96. The third-order valence-corrected chi connectivity index (χ3v) is 16.3. The summed E-state index contributed by atoms with van der Waals surface area (Å²) in [4.78, 5) is 0. The molecule has 0 atom stereocenters. The Kier molecular flexibility index (Phi) is 8.92. The number of hydrogen-bond donors (Lipinski definition) is 0. The van der Waals surface area contributed by atoms with E-state index in [4.69, 9.17) is 0 Å². The van der Waals surface area contributed by atoms with Gasteiger partial charge in [0.2, 0.25) is 0 Å². The van der Waals surface area contributed by atoms with Gasteiger partial charge in [-0.05, 0) is 0 Å². The third-order valence-electron chi connectivity index (χ3n) is 6.00. The molecule has 0 bridgehead atoms. The van der Waals surface area contributed by atoms with Gasteiger partial charge in [-0.1, -0.05) is 0 Å². The third kappa shape index (κ3) is 3.35. The van der Waals surface area contributed by atoms with Crippen molar-refractivity contribution in [3.05, 3.63) is 24.3 Å². The fourth-order valence-corrected chi connectivity index (χ4v) is 15.7. The summed E-state index contributed by atoms with van der Waals surface area (Å²) in [7, 11) is 0. The van der Waals surface area contributed by atoms with E-state index in [1.54, 1.807) is 0 Å². The fraction of sp³-hybridized carbons (Fsp3) is 0.800. The van der Waals surface area contributed by atoms with Crippen LogP contribution in [0.15, 0.2) is 24.3 Å². The summed E-state index contributed by atoms with van der Waals surface area (Å²) >= 11 is -2.84. The molecule has 0 aromatic heterocycles. The van der Waals surface area contributed by atoms with Crippen molar-refractivity contribution in [3.63, 3.8) is 0 Å². The summed E-state index contributed by atoms with van der Waals surface area (Å²) in [5.74, 6) is 0.606. The molecule has 0 fully saturated rings. The predicted octanol–water partition coefficient (Wildman–Crippen LogP) is 4.85. The van der Waals surface area contributed by atoms with E-state index in [1.807, 2.05) is 0 Å². The molecule has 140 valence electrons. The second-order valence-corrected chi connectivity index (χ2v) is 13.3. The molecule has 0 heterocycles. The standard InChI is InChI=1S/C8H11.3C4H10N.Ti/c1-7(2)8-5-3-4-6-8;3*1-3-5-4-2;/h3-7H,1-2H3;3*3-4H2,1-2H3;/q;3*-1;+3. The molecule has 4 heteroatoms. The first kappa shape index (κ1) is 22.1. The first-order chi connectivity index (χ1) is 11.5. The summed E-state index contributed by atoms with van der Waals surface area (Å²) in [6.07, 6.45) is 9.70. The molecule has 0 radical (unpaired) electrons. The zero-order valence-electron chi connectivity index (χ0n) is 17.5. The molecule has 0 aromatic rings. The maximum atomic E-state index is 2.88. The van der Waals surface area contributed by atoms with Crippen molar-refractivity contribution < 1.29 is 17.4 Å². The van der Waals surface area contributed by atoms with Gasteiger partial charge < -0.3 is 0 Å². The Labute approximate surface area is 156 Å². The maximum absolute atomic E-state index is 2.88. The number of rotatable bonds is 11. The molecule has 24 heavy (non-hydrogen) atoms. The van der Waals surface area contributed by atoms with Gasteiger partial charge in [-0.25, -0.2) is 0 Å². The minimum absolute atomic E-state index is 0.185. The van der Waals surface area contributed by atoms with Crippen LogP contribution in [-0.4, -0.2) is 49.4 Å². The van der Waals surface area contributed by atoms with Gasteiger partial charge >= 0.3 is 156 Å². The Morgan fingerprint density at radius 2 is 0.958 bits per heavy atom. The molecule has 0 aliphatic heterocycles. The van der Waals surface area contributed by atoms with Crippen LogP contribution in [0.3, 0.4) is 0 Å². The van der Waals surface area contributed by atoms with Crippen LogP contribution in [0.4, 0.5) is 0 Å². The van der Waals surface area contributed by atoms with Gasteiger partial charge in [0.05, 0.1) is 0 Å². The van der Waals surface area contributed by atoms with E-state index in [9.17, 15) is 0 Å². The van der Waals surface area contributed by atoms with Crippen LogP contribution in [0, 0.1) is 5.92 Å². The topological polar surface area (TPSA) is 9.72 Å². The molecule has 0 saturated carbocycles. The van der Waals surface area contributed by atoms with E-state index >= 15 is 0 Å². The summed E-state index contributed by atoms with van der Waals surface area (Å²) < 4.78 is 8.81. The average molecular weight is 371 g/mol. The molecule has 0 N–H and O–H groups in total. The van der Waals surface area contributed by atoms with Gasteiger partial charge in [0.25, 0.3) is 0 Å². The monoisotopic (exact) mass is 371 g/mol. The Morgan fingerprint density at radius 1 is 0.667 bits per heavy atom. The van der Waals surface area contributed by atoms with Gasteiger partial charge in [0, 0.05) is 0 Å². The van der Waals surface area contributed by atoms with Crippen LogP contribution < -0.4 is 0 Å². The van der Waals surface area contributed by atoms with Gasteiger partial charge in [0.15, 0.2) is 0 Å². The van der Waals surface area contributed by atoms with Crippen molar-refractivity contribution in [2.45, 2.75) is 59.1 Å². The van der Waals surface area contributed by atoms with E-state index in [2.05, 4.69) is 89.8 Å². The second kappa shape index (κ2) is 9.68. The van der Waals surface area contributed by atoms with Crippen molar-refractivity contribution in [3.8, 4) is 0 Å². The molecule has 0 aromatic carbocycles. The Morgan fingerprint density at radius 3 is 1.17 bits per heavy atom. The summed E-state index contributed by atoms with van der Waals surface area (Å²) in [5.41, 5.74) is 0. The Hall–Kier alpha value is 0.0743. The van der Waals surface area contributed by atoms with Crippen molar-refractivity contribution in [1.29, 1.82) is 0 Å². The molecule has 0 unspecified atom stereocenters. The quantitative estimate of drug-likeness (QED) is 0.481. The van der Waals surface area contributed by atoms with Gasteiger partial charge in [-0.15, -0.1) is 0 Å². The van der Waals surface area contributed by atoms with E-state index in [1.165, 1.54) is 0 Å². The van der Waals surface area contributed by atoms with Crippen LogP contribution in [-0.2, 0) is 17.4 Å². The SMILES string of the molecule is CC[N](CC)[Ti]([N](CC)CC)([N](CC)CC)[C]1(C(C)C)C=CC=C1. The van der Waals surface area contributed by atoms with Crippen LogP contribution in [0.2, 0.25) is 3.72 Å². The first-order valence-corrected chi connectivity index (χ1v) is 13.0. The van der Waals surface area contributed by atoms with Gasteiger partial charge in [0.1, 0.15) is 0 Å². The zero-order chi connectivity index (χ0) is 18.4. The molecule has 1 aliphatic rings. The van der Waals surface area contributed by atoms with Crippen LogP contribution in [0.25, 0.3) is 0 Å². The van der Waals surface area contributed by atoms with E-state index in [0.717, 1.165) is 39.3 Å². The average Bonchev–Trinajstić information content (AvgIpc) is 3.08. The molecular weight excluding hydrogens is 330 g/mol. The zero-order valence-corrected chi connectivity index (χ0v) is 19.0. The van der Waals surface area contributed by atoms with Crippen molar-refractivity contribution >= 4 is 0 Å². The van der Waals surface area contributed by atoms with Gasteiger partial charge in [-0.3, -0.25) is 0 Å². The number of nitrogens with zero attached hydrogens (tertiary/aromatic N) is 3. The summed E-state index contributed by atoms with van der Waals surface area (Å²) in [5, 5.41) is 0. The molecule has 0 spiro atoms. The molecule has 3 nitrogen and oxygen atoms in total. The Bertz CT molecular complexity index is 375. The van der Waals surface area contributed by atoms with E-state index in [-0.39, 0.29) is 3.72 Å². The minimum atomic E-state index is -2.84. The number of allylic oxidation sites excluding steroid dienone is 4. The van der Waals surface area contributed by atoms with Crippen LogP contribution in [0.5, 0.6) is 0 Å². The molecule has 1 rings (SSSR count). The Balaban J connectivity index is 3.80. The van der Waals surface area contributed by atoms with Crippen LogP contribution >= 0.6 is 0 Å². The van der Waals surface area contributed by atoms with Crippen LogP contribution in [0.1, 0.15) is 55.4 Å². The van der Waals surface area contributed by atoms with E-state index < -0.39 is 17.4 Å². The molecule has 0 saturated heterocycles. The van der Waals surface area contributed by atoms with Gasteiger partial charge in [-0.2, -0.15) is 0 Å². The molecule has 0 amide bonds. The molecule has 1 aliphatic carbocycles. The summed E-state index contributed by atoms with van der Waals surface area (Å²) in [6.45, 7) is 25.8. The van der Waals surface area contributed by atoms with Crippen molar-refractivity contribution in [2.24, 2.45) is 5.92 Å².